The zero-order valence-electron chi connectivity index (χ0n) is 15.3. The first-order chi connectivity index (χ1) is 12.2. The lowest BCUT2D eigenvalue weighted by atomic mass is 10.1. The molecule has 1 unspecified atom stereocenters. The van der Waals surface area contributed by atoms with Crippen molar-refractivity contribution in [1.82, 2.24) is 25.4 Å². The first-order valence-electron chi connectivity index (χ1n) is 8.53. The molecule has 0 radical (unpaired) electrons. The van der Waals surface area contributed by atoms with Crippen molar-refractivity contribution in [2.24, 2.45) is 0 Å². The van der Waals surface area contributed by atoms with Crippen molar-refractivity contribution in [3.05, 3.63) is 17.5 Å². The summed E-state index contributed by atoms with van der Waals surface area (Å²) in [6, 6.07) is 3.92. The van der Waals surface area contributed by atoms with Crippen LogP contribution in [0.3, 0.4) is 0 Å². The smallest absolute Gasteiger partial charge is 0.321 e. The number of urea groups is 1. The first-order valence-corrected chi connectivity index (χ1v) is 10.3. The minimum Gasteiger partial charge on any atom is -0.333 e. The van der Waals surface area contributed by atoms with Crippen LogP contribution in [0.5, 0.6) is 0 Å². The Morgan fingerprint density at radius 1 is 1.35 bits per heavy atom. The van der Waals surface area contributed by atoms with Gasteiger partial charge in [-0.3, -0.25) is 14.7 Å². The van der Waals surface area contributed by atoms with Crippen molar-refractivity contribution < 1.29 is 9.59 Å². The Bertz CT molecular complexity index is 791. The molecule has 2 heterocycles. The quantitative estimate of drug-likeness (QED) is 0.760. The van der Waals surface area contributed by atoms with Crippen LogP contribution in [0.1, 0.15) is 46.6 Å². The van der Waals surface area contributed by atoms with E-state index in [0.29, 0.717) is 6.04 Å². The van der Waals surface area contributed by atoms with Crippen LogP contribution in [0, 0.1) is 0 Å². The molecule has 0 bridgehead atoms. The molecule has 0 aliphatic heterocycles. The zero-order valence-corrected chi connectivity index (χ0v) is 16.9. The minimum absolute atomic E-state index is 0.347. The average Bonchev–Trinajstić information content (AvgIpc) is 3.06. The number of carbonyl (C=O) groups is 2. The molecule has 1 atom stereocenters. The van der Waals surface area contributed by atoms with Crippen molar-refractivity contribution in [3.63, 3.8) is 0 Å². The van der Waals surface area contributed by atoms with Crippen LogP contribution in [0.2, 0.25) is 0 Å². The Hall–Kier alpha value is -1.87. The van der Waals surface area contributed by atoms with Gasteiger partial charge in [-0.1, -0.05) is 17.8 Å². The number of nitrogens with zero attached hydrogens (tertiary/aromatic N) is 3. The number of nitrogens with one attached hydrogen (secondary N) is 2. The van der Waals surface area contributed by atoms with Crippen LogP contribution in [0.15, 0.2) is 22.7 Å². The lowest BCUT2D eigenvalue weighted by Crippen LogP contribution is -2.49. The third kappa shape index (κ3) is 4.64. The molecule has 2 N–H and O–H groups in total. The second kappa shape index (κ2) is 7.40. The van der Waals surface area contributed by atoms with Gasteiger partial charge >= 0.3 is 6.03 Å². The Morgan fingerprint density at radius 3 is 2.65 bits per heavy atom. The normalized spacial score (nSPS) is 15.5. The van der Waals surface area contributed by atoms with E-state index in [2.05, 4.69) is 25.4 Å². The number of thioether (sulfide) groups is 1. The van der Waals surface area contributed by atoms with Gasteiger partial charge in [0.2, 0.25) is 5.91 Å². The first kappa shape index (κ1) is 18.9. The highest BCUT2D eigenvalue weighted by Crippen LogP contribution is 2.42. The van der Waals surface area contributed by atoms with Gasteiger partial charge in [-0.15, -0.1) is 21.5 Å². The Labute approximate surface area is 161 Å². The average molecular weight is 394 g/mol. The lowest BCUT2D eigenvalue weighted by molar-refractivity contribution is -0.119. The highest BCUT2D eigenvalue weighted by molar-refractivity contribution is 8.00. The Morgan fingerprint density at radius 2 is 2.08 bits per heavy atom. The minimum atomic E-state index is -0.488. The summed E-state index contributed by atoms with van der Waals surface area (Å²) < 4.78 is 2.12. The Kier molecular flexibility index (Phi) is 5.38. The number of rotatable bonds is 5. The second-order valence-electron chi connectivity index (χ2n) is 7.34. The van der Waals surface area contributed by atoms with E-state index in [1.165, 1.54) is 11.8 Å². The molecule has 0 spiro atoms. The molecule has 2 aromatic heterocycles. The standard InChI is InChI=1S/C17H23N5O2S2/c1-10(14(23)18-15(24)19-17(2,3)4)26-16-21-20-13(12-6-5-9-25-12)22(16)11-7-8-11/h5-6,9-11H,7-8H2,1-4H3,(H2,18,19,23,24). The highest BCUT2D eigenvalue weighted by Gasteiger charge is 2.32. The molecule has 1 saturated carbocycles. The highest BCUT2D eigenvalue weighted by atomic mass is 32.2. The van der Waals surface area contributed by atoms with Gasteiger partial charge in [0.1, 0.15) is 0 Å². The predicted molar refractivity (Wildman–Crippen MR) is 103 cm³/mol. The summed E-state index contributed by atoms with van der Waals surface area (Å²) in [7, 11) is 0. The number of hydrogen-bond acceptors (Lipinski definition) is 6. The maximum absolute atomic E-state index is 12.3. The molecule has 1 aliphatic rings. The third-order valence-corrected chi connectivity index (χ3v) is 5.62. The summed E-state index contributed by atoms with van der Waals surface area (Å²) in [5, 5.41) is 16.0. The van der Waals surface area contributed by atoms with Crippen LogP contribution < -0.4 is 10.6 Å². The van der Waals surface area contributed by atoms with E-state index in [1.54, 1.807) is 18.3 Å². The van der Waals surface area contributed by atoms with Crippen molar-refractivity contribution in [1.29, 1.82) is 0 Å². The van der Waals surface area contributed by atoms with Crippen LogP contribution in [0.25, 0.3) is 10.7 Å². The van der Waals surface area contributed by atoms with Crippen molar-refractivity contribution in [2.45, 2.75) is 62.5 Å². The molecular weight excluding hydrogens is 370 g/mol. The van der Waals surface area contributed by atoms with Gasteiger partial charge in [0, 0.05) is 11.6 Å². The van der Waals surface area contributed by atoms with E-state index in [-0.39, 0.29) is 5.91 Å². The maximum atomic E-state index is 12.3. The number of thiophene rings is 1. The summed E-state index contributed by atoms with van der Waals surface area (Å²) in [5.74, 6) is 0.503. The van der Waals surface area contributed by atoms with Gasteiger partial charge in [0.15, 0.2) is 11.0 Å². The van der Waals surface area contributed by atoms with Gasteiger partial charge in [0.05, 0.1) is 10.1 Å². The van der Waals surface area contributed by atoms with E-state index in [0.717, 1.165) is 28.7 Å². The van der Waals surface area contributed by atoms with Crippen molar-refractivity contribution >= 4 is 35.0 Å². The van der Waals surface area contributed by atoms with Gasteiger partial charge in [-0.2, -0.15) is 0 Å². The number of aromatic nitrogens is 3. The molecule has 26 heavy (non-hydrogen) atoms. The van der Waals surface area contributed by atoms with Crippen LogP contribution >= 0.6 is 23.1 Å². The monoisotopic (exact) mass is 393 g/mol. The number of amides is 3. The van der Waals surface area contributed by atoms with Crippen LogP contribution in [0.4, 0.5) is 4.79 Å². The van der Waals surface area contributed by atoms with Gasteiger partial charge in [0.25, 0.3) is 0 Å². The fourth-order valence-electron chi connectivity index (χ4n) is 2.39. The molecule has 1 fully saturated rings. The number of imide groups is 1. The lowest BCUT2D eigenvalue weighted by Gasteiger charge is -2.21. The SMILES string of the molecule is CC(Sc1nnc(-c2cccs2)n1C1CC1)C(=O)NC(=O)NC(C)(C)C. The topological polar surface area (TPSA) is 88.9 Å². The summed E-state index contributed by atoms with van der Waals surface area (Å²) in [6.45, 7) is 7.35. The fourth-order valence-corrected chi connectivity index (χ4v) is 4.01. The molecule has 0 aromatic carbocycles. The molecule has 1 aliphatic carbocycles. The van der Waals surface area contributed by atoms with E-state index in [4.69, 9.17) is 0 Å². The molecule has 140 valence electrons. The molecular formula is C17H23N5O2S2. The summed E-state index contributed by atoms with van der Waals surface area (Å²) in [6.07, 6.45) is 2.19. The molecule has 3 rings (SSSR count). The molecule has 2 aromatic rings. The zero-order chi connectivity index (χ0) is 18.9. The number of carbonyl (C=O) groups excluding carboxylic acids is 2. The van der Waals surface area contributed by atoms with E-state index < -0.39 is 16.8 Å². The fraction of sp³-hybridized carbons (Fsp3) is 0.529. The van der Waals surface area contributed by atoms with Gasteiger partial charge in [-0.25, -0.2) is 4.79 Å². The molecule has 9 heteroatoms. The van der Waals surface area contributed by atoms with E-state index in [1.807, 2.05) is 38.3 Å². The maximum Gasteiger partial charge on any atom is 0.321 e. The van der Waals surface area contributed by atoms with Crippen molar-refractivity contribution in [2.75, 3.05) is 0 Å². The predicted octanol–water partition coefficient (Wildman–Crippen LogP) is 3.45. The number of hydrogen-bond donors (Lipinski definition) is 2. The molecule has 7 nitrogen and oxygen atoms in total. The largest absolute Gasteiger partial charge is 0.333 e. The molecule has 3 amide bonds. The van der Waals surface area contributed by atoms with E-state index in [9.17, 15) is 9.59 Å². The summed E-state index contributed by atoms with van der Waals surface area (Å²) in [4.78, 5) is 25.3. The van der Waals surface area contributed by atoms with Crippen LogP contribution in [-0.2, 0) is 4.79 Å². The van der Waals surface area contributed by atoms with E-state index >= 15 is 0 Å². The molecule has 0 saturated heterocycles. The third-order valence-electron chi connectivity index (χ3n) is 3.69. The van der Waals surface area contributed by atoms with Crippen molar-refractivity contribution in [3.8, 4) is 10.7 Å². The van der Waals surface area contributed by atoms with Gasteiger partial charge < -0.3 is 5.32 Å². The Balaban J connectivity index is 1.69. The summed E-state index contributed by atoms with van der Waals surface area (Å²) in [5.41, 5.74) is -0.400. The summed E-state index contributed by atoms with van der Waals surface area (Å²) >= 11 is 2.95. The van der Waals surface area contributed by atoms with Gasteiger partial charge in [-0.05, 0) is 52.0 Å². The second-order valence-corrected chi connectivity index (χ2v) is 9.59. The van der Waals surface area contributed by atoms with Crippen LogP contribution in [-0.4, -0.2) is 37.5 Å².